The van der Waals surface area contributed by atoms with Gasteiger partial charge in [-0.3, -0.25) is 0 Å². The summed E-state index contributed by atoms with van der Waals surface area (Å²) in [5, 5.41) is 0. The predicted octanol–water partition coefficient (Wildman–Crippen LogP) is 1.41. The van der Waals surface area contributed by atoms with Crippen molar-refractivity contribution in [2.24, 2.45) is 11.7 Å². The summed E-state index contributed by atoms with van der Waals surface area (Å²) in [7, 11) is -3.25. The van der Waals surface area contributed by atoms with Gasteiger partial charge >= 0.3 is 0 Å². The van der Waals surface area contributed by atoms with E-state index in [-0.39, 0.29) is 36.2 Å². The largest absolute Gasteiger partial charge is 0.377 e. The lowest BCUT2D eigenvalue weighted by Gasteiger charge is -2.32. The number of rotatable bonds is 5. The van der Waals surface area contributed by atoms with Crippen LogP contribution in [0.4, 0.5) is 0 Å². The molecule has 2 rings (SSSR count). The molecule has 120 valence electrons. The number of hydrogen-bond acceptors (Lipinski definition) is 4. The standard InChI is InChI=1S/C13H26N2O3S.ClH/c14-9-11-5-1-2-7-13(11)15-19(16,17)10-12-6-3-4-8-18-12;/h11-13,15H,1-10,14H2;1H. The Bertz CT molecular complexity index is 372. The summed E-state index contributed by atoms with van der Waals surface area (Å²) in [5.41, 5.74) is 5.74. The zero-order chi connectivity index (χ0) is 13.7. The molecule has 1 aliphatic carbocycles. The lowest BCUT2D eigenvalue weighted by atomic mass is 9.85. The van der Waals surface area contributed by atoms with Crippen LogP contribution in [0.5, 0.6) is 0 Å². The third-order valence-corrected chi connectivity index (χ3v) is 5.69. The van der Waals surface area contributed by atoms with Gasteiger partial charge in [-0.05, 0) is 44.6 Å². The van der Waals surface area contributed by atoms with Gasteiger partial charge in [0.1, 0.15) is 0 Å². The molecule has 0 aromatic heterocycles. The third kappa shape index (κ3) is 5.48. The van der Waals surface area contributed by atoms with Crippen molar-refractivity contribution in [3.05, 3.63) is 0 Å². The van der Waals surface area contributed by atoms with Crippen molar-refractivity contribution in [3.8, 4) is 0 Å². The van der Waals surface area contributed by atoms with Crippen LogP contribution < -0.4 is 10.5 Å². The summed E-state index contributed by atoms with van der Waals surface area (Å²) < 4.78 is 32.8. The topological polar surface area (TPSA) is 81.4 Å². The molecule has 1 saturated heterocycles. The first kappa shape index (κ1) is 18.2. The van der Waals surface area contributed by atoms with Gasteiger partial charge < -0.3 is 10.5 Å². The molecule has 3 unspecified atom stereocenters. The van der Waals surface area contributed by atoms with Crippen LogP contribution >= 0.6 is 12.4 Å². The first-order chi connectivity index (χ1) is 9.11. The second kappa shape index (κ2) is 8.54. The summed E-state index contributed by atoms with van der Waals surface area (Å²) in [4.78, 5) is 0. The average molecular weight is 327 g/mol. The molecule has 0 radical (unpaired) electrons. The van der Waals surface area contributed by atoms with Gasteiger partial charge in [0.25, 0.3) is 0 Å². The first-order valence-electron chi connectivity index (χ1n) is 7.42. The van der Waals surface area contributed by atoms with E-state index >= 15 is 0 Å². The number of nitrogens with two attached hydrogens (primary N) is 1. The van der Waals surface area contributed by atoms with E-state index in [1.807, 2.05) is 0 Å². The summed E-state index contributed by atoms with van der Waals surface area (Å²) in [6, 6.07) is 0.0207. The van der Waals surface area contributed by atoms with Crippen LogP contribution in [0.3, 0.4) is 0 Å². The second-order valence-electron chi connectivity index (χ2n) is 5.77. The van der Waals surface area contributed by atoms with Crippen LogP contribution in [0, 0.1) is 5.92 Å². The predicted molar refractivity (Wildman–Crippen MR) is 82.6 cm³/mol. The SMILES string of the molecule is Cl.NCC1CCCCC1NS(=O)(=O)CC1CCCCO1. The maximum Gasteiger partial charge on any atom is 0.214 e. The molecule has 3 N–H and O–H groups in total. The van der Waals surface area contributed by atoms with E-state index in [0.717, 1.165) is 44.9 Å². The highest BCUT2D eigenvalue weighted by molar-refractivity contribution is 7.89. The maximum absolute atomic E-state index is 12.2. The Morgan fingerprint density at radius 2 is 1.80 bits per heavy atom. The van der Waals surface area contributed by atoms with Gasteiger partial charge in [0, 0.05) is 12.6 Å². The Kier molecular flexibility index (Phi) is 7.75. The van der Waals surface area contributed by atoms with Crippen molar-refractivity contribution in [3.63, 3.8) is 0 Å². The maximum atomic E-state index is 12.2. The van der Waals surface area contributed by atoms with Gasteiger partial charge in [-0.2, -0.15) is 0 Å². The van der Waals surface area contributed by atoms with Gasteiger partial charge in [-0.15, -0.1) is 12.4 Å². The van der Waals surface area contributed by atoms with E-state index in [4.69, 9.17) is 10.5 Å². The normalized spacial score (nSPS) is 31.6. The zero-order valence-corrected chi connectivity index (χ0v) is 13.6. The quantitative estimate of drug-likeness (QED) is 0.800. The fraction of sp³-hybridized carbons (Fsp3) is 1.00. The van der Waals surface area contributed by atoms with Gasteiger partial charge in [0.2, 0.25) is 10.0 Å². The highest BCUT2D eigenvalue weighted by Crippen LogP contribution is 2.24. The number of halogens is 1. The Balaban J connectivity index is 0.00000200. The van der Waals surface area contributed by atoms with Crippen molar-refractivity contribution >= 4 is 22.4 Å². The van der Waals surface area contributed by atoms with Crippen LogP contribution in [0.1, 0.15) is 44.9 Å². The zero-order valence-electron chi connectivity index (χ0n) is 11.9. The van der Waals surface area contributed by atoms with Crippen molar-refractivity contribution in [2.45, 2.75) is 57.1 Å². The molecule has 2 aliphatic rings. The van der Waals surface area contributed by atoms with Gasteiger partial charge in [-0.1, -0.05) is 12.8 Å². The monoisotopic (exact) mass is 326 g/mol. The summed E-state index contributed by atoms with van der Waals surface area (Å²) >= 11 is 0. The molecular formula is C13H27ClN2O3S. The molecule has 3 atom stereocenters. The minimum absolute atomic E-state index is 0. The van der Waals surface area contributed by atoms with Crippen LogP contribution in [0.2, 0.25) is 0 Å². The highest BCUT2D eigenvalue weighted by Gasteiger charge is 2.29. The van der Waals surface area contributed by atoms with Crippen LogP contribution in [-0.4, -0.2) is 39.5 Å². The van der Waals surface area contributed by atoms with Crippen molar-refractivity contribution in [2.75, 3.05) is 18.9 Å². The lowest BCUT2D eigenvalue weighted by Crippen LogP contribution is -2.47. The number of nitrogens with one attached hydrogen (secondary N) is 1. The van der Waals surface area contributed by atoms with E-state index in [1.165, 1.54) is 0 Å². The Labute approximate surface area is 128 Å². The fourth-order valence-corrected chi connectivity index (χ4v) is 4.73. The van der Waals surface area contributed by atoms with E-state index in [2.05, 4.69) is 4.72 Å². The van der Waals surface area contributed by atoms with E-state index < -0.39 is 10.0 Å². The number of hydrogen-bond donors (Lipinski definition) is 2. The number of ether oxygens (including phenoxy) is 1. The van der Waals surface area contributed by atoms with Crippen molar-refractivity contribution < 1.29 is 13.2 Å². The smallest absolute Gasteiger partial charge is 0.214 e. The minimum Gasteiger partial charge on any atom is -0.377 e. The molecule has 5 nitrogen and oxygen atoms in total. The van der Waals surface area contributed by atoms with Crippen LogP contribution in [-0.2, 0) is 14.8 Å². The van der Waals surface area contributed by atoms with Crippen LogP contribution in [0.25, 0.3) is 0 Å². The molecule has 0 aromatic rings. The van der Waals surface area contributed by atoms with Crippen molar-refractivity contribution in [1.29, 1.82) is 0 Å². The van der Waals surface area contributed by atoms with E-state index in [9.17, 15) is 8.42 Å². The first-order valence-corrected chi connectivity index (χ1v) is 9.07. The fourth-order valence-electron chi connectivity index (χ4n) is 3.11. The lowest BCUT2D eigenvalue weighted by molar-refractivity contribution is 0.0303. The number of sulfonamides is 1. The van der Waals surface area contributed by atoms with Gasteiger partial charge in [0.05, 0.1) is 11.9 Å². The summed E-state index contributed by atoms with van der Waals surface area (Å²) in [5.74, 6) is 0.386. The highest BCUT2D eigenvalue weighted by atomic mass is 35.5. The van der Waals surface area contributed by atoms with Crippen LogP contribution in [0.15, 0.2) is 0 Å². The minimum atomic E-state index is -3.25. The molecule has 0 aromatic carbocycles. The molecule has 1 heterocycles. The van der Waals surface area contributed by atoms with Gasteiger partial charge in [-0.25, -0.2) is 13.1 Å². The van der Waals surface area contributed by atoms with E-state index in [1.54, 1.807) is 0 Å². The molecule has 20 heavy (non-hydrogen) atoms. The van der Waals surface area contributed by atoms with E-state index in [0.29, 0.717) is 13.2 Å². The summed E-state index contributed by atoms with van der Waals surface area (Å²) in [6.07, 6.45) is 7.01. The molecule has 0 spiro atoms. The molecule has 7 heteroatoms. The molecule has 1 saturated carbocycles. The molecule has 1 aliphatic heterocycles. The Morgan fingerprint density at radius 1 is 1.10 bits per heavy atom. The summed E-state index contributed by atoms with van der Waals surface area (Å²) in [6.45, 7) is 1.25. The molecular weight excluding hydrogens is 300 g/mol. The Morgan fingerprint density at radius 3 is 2.45 bits per heavy atom. The average Bonchev–Trinajstić information content (AvgIpc) is 2.39. The molecule has 2 fully saturated rings. The molecule has 0 bridgehead atoms. The van der Waals surface area contributed by atoms with Crippen molar-refractivity contribution in [1.82, 2.24) is 4.72 Å². The Hall–Kier alpha value is 0.120. The van der Waals surface area contributed by atoms with Gasteiger partial charge in [0.15, 0.2) is 0 Å². The third-order valence-electron chi connectivity index (χ3n) is 4.22. The second-order valence-corrected chi connectivity index (χ2v) is 7.57. The molecule has 0 amide bonds.